The zero-order chi connectivity index (χ0) is 12.8. The van der Waals surface area contributed by atoms with Crippen LogP contribution >= 0.6 is 0 Å². The molecule has 2 atom stereocenters. The summed E-state index contributed by atoms with van der Waals surface area (Å²) in [5, 5.41) is 8.75. The van der Waals surface area contributed by atoms with Gasteiger partial charge in [0, 0.05) is 12.1 Å². The standard InChI is InChI=1S/C14H17N5/c1-9-4-2-3-5-10(9)14-18-17-12-8-16-13-11(19(12)14)6-7-15-13/h6-10,15H,2-5H2,1H3/t9-,10?/m0/s1. The summed E-state index contributed by atoms with van der Waals surface area (Å²) in [4.78, 5) is 7.52. The second-order valence-electron chi connectivity index (χ2n) is 5.59. The lowest BCUT2D eigenvalue weighted by atomic mass is 9.80. The molecule has 1 fully saturated rings. The van der Waals surface area contributed by atoms with Crippen molar-refractivity contribution in [2.75, 3.05) is 0 Å². The summed E-state index contributed by atoms with van der Waals surface area (Å²) < 4.78 is 2.17. The highest BCUT2D eigenvalue weighted by Crippen LogP contribution is 2.37. The van der Waals surface area contributed by atoms with Gasteiger partial charge in [-0.25, -0.2) is 4.98 Å². The second-order valence-corrected chi connectivity index (χ2v) is 5.59. The van der Waals surface area contributed by atoms with Crippen LogP contribution in [0.25, 0.3) is 16.8 Å². The summed E-state index contributed by atoms with van der Waals surface area (Å²) in [7, 11) is 0. The molecule has 3 heterocycles. The molecule has 1 N–H and O–H groups in total. The Labute approximate surface area is 111 Å². The monoisotopic (exact) mass is 255 g/mol. The average Bonchev–Trinajstić information content (AvgIpc) is 3.04. The van der Waals surface area contributed by atoms with E-state index in [4.69, 9.17) is 0 Å². The summed E-state index contributed by atoms with van der Waals surface area (Å²) in [5.74, 6) is 2.31. The summed E-state index contributed by atoms with van der Waals surface area (Å²) in [6.45, 7) is 2.33. The number of aromatic amines is 1. The minimum atomic E-state index is 0.518. The van der Waals surface area contributed by atoms with Crippen molar-refractivity contribution < 1.29 is 0 Å². The van der Waals surface area contributed by atoms with Gasteiger partial charge in [-0.1, -0.05) is 26.2 Å². The van der Waals surface area contributed by atoms with Gasteiger partial charge < -0.3 is 4.98 Å². The fourth-order valence-corrected chi connectivity index (χ4v) is 3.34. The molecule has 1 aliphatic carbocycles. The lowest BCUT2D eigenvalue weighted by Crippen LogP contribution is -2.17. The van der Waals surface area contributed by atoms with Crippen LogP contribution in [0.5, 0.6) is 0 Å². The molecule has 3 aromatic rings. The normalized spacial score (nSPS) is 24.3. The van der Waals surface area contributed by atoms with Gasteiger partial charge in [-0.05, 0) is 18.4 Å². The first-order chi connectivity index (χ1) is 9.34. The van der Waals surface area contributed by atoms with Gasteiger partial charge in [0.15, 0.2) is 11.3 Å². The van der Waals surface area contributed by atoms with E-state index < -0.39 is 0 Å². The third-order valence-electron chi connectivity index (χ3n) is 4.41. The molecule has 1 aliphatic rings. The number of rotatable bonds is 1. The van der Waals surface area contributed by atoms with Crippen LogP contribution < -0.4 is 0 Å². The van der Waals surface area contributed by atoms with Crippen LogP contribution in [-0.2, 0) is 0 Å². The maximum Gasteiger partial charge on any atom is 0.179 e. The number of hydrogen-bond donors (Lipinski definition) is 1. The van der Waals surface area contributed by atoms with Crippen molar-refractivity contribution in [2.45, 2.75) is 38.5 Å². The number of aromatic nitrogens is 5. The molecule has 1 unspecified atom stereocenters. The molecular formula is C14H17N5. The maximum absolute atomic E-state index is 4.46. The van der Waals surface area contributed by atoms with E-state index in [1.807, 2.05) is 6.20 Å². The molecule has 19 heavy (non-hydrogen) atoms. The molecule has 3 aromatic heterocycles. The minimum absolute atomic E-state index is 0.518. The molecule has 4 rings (SSSR count). The van der Waals surface area contributed by atoms with Gasteiger partial charge in [-0.3, -0.25) is 4.40 Å². The Morgan fingerprint density at radius 1 is 1.26 bits per heavy atom. The maximum atomic E-state index is 4.46. The molecule has 0 aromatic carbocycles. The van der Waals surface area contributed by atoms with Gasteiger partial charge >= 0.3 is 0 Å². The lowest BCUT2D eigenvalue weighted by molar-refractivity contribution is 0.319. The van der Waals surface area contributed by atoms with E-state index in [1.165, 1.54) is 25.7 Å². The number of H-pyrrole nitrogens is 1. The third-order valence-corrected chi connectivity index (χ3v) is 4.41. The van der Waals surface area contributed by atoms with Crippen molar-refractivity contribution in [1.29, 1.82) is 0 Å². The van der Waals surface area contributed by atoms with Crippen LogP contribution in [0.4, 0.5) is 0 Å². The molecule has 0 amide bonds. The van der Waals surface area contributed by atoms with E-state index in [0.29, 0.717) is 11.8 Å². The summed E-state index contributed by atoms with van der Waals surface area (Å²) >= 11 is 0. The lowest BCUT2D eigenvalue weighted by Gasteiger charge is -2.27. The molecule has 5 nitrogen and oxygen atoms in total. The Bertz CT molecular complexity index is 726. The molecule has 0 saturated heterocycles. The van der Waals surface area contributed by atoms with Crippen molar-refractivity contribution in [1.82, 2.24) is 24.6 Å². The SMILES string of the molecule is C[C@H]1CCCCC1c1nnc2cnc3[nH]ccc3n12. The molecule has 0 spiro atoms. The summed E-state index contributed by atoms with van der Waals surface area (Å²) in [6.07, 6.45) is 8.87. The number of hydrogen-bond acceptors (Lipinski definition) is 3. The Hall–Kier alpha value is -1.91. The minimum Gasteiger partial charge on any atom is -0.345 e. The van der Waals surface area contributed by atoms with Crippen molar-refractivity contribution in [2.24, 2.45) is 5.92 Å². The fourth-order valence-electron chi connectivity index (χ4n) is 3.34. The molecule has 0 aliphatic heterocycles. The summed E-state index contributed by atoms with van der Waals surface area (Å²) in [6, 6.07) is 2.05. The van der Waals surface area contributed by atoms with Gasteiger partial charge in [0.2, 0.25) is 0 Å². The van der Waals surface area contributed by atoms with Crippen molar-refractivity contribution >= 4 is 16.8 Å². The first-order valence-electron chi connectivity index (χ1n) is 7.02. The zero-order valence-corrected chi connectivity index (χ0v) is 11.0. The topological polar surface area (TPSA) is 58.9 Å². The van der Waals surface area contributed by atoms with E-state index in [2.05, 4.69) is 37.6 Å². The van der Waals surface area contributed by atoms with E-state index in [9.17, 15) is 0 Å². The first kappa shape index (κ1) is 11.0. The van der Waals surface area contributed by atoms with Crippen molar-refractivity contribution in [3.8, 4) is 0 Å². The highest BCUT2D eigenvalue weighted by molar-refractivity contribution is 5.74. The van der Waals surface area contributed by atoms with Crippen molar-refractivity contribution in [3.63, 3.8) is 0 Å². The molecule has 0 bridgehead atoms. The van der Waals surface area contributed by atoms with E-state index >= 15 is 0 Å². The van der Waals surface area contributed by atoms with Crippen LogP contribution in [0, 0.1) is 5.92 Å². The predicted molar refractivity (Wildman–Crippen MR) is 73.0 cm³/mol. The summed E-state index contributed by atoms with van der Waals surface area (Å²) in [5.41, 5.74) is 2.83. The number of nitrogens with zero attached hydrogens (tertiary/aromatic N) is 4. The number of fused-ring (bicyclic) bond motifs is 3. The van der Waals surface area contributed by atoms with Crippen LogP contribution in [-0.4, -0.2) is 24.6 Å². The Balaban J connectivity index is 1.96. The molecule has 98 valence electrons. The van der Waals surface area contributed by atoms with Gasteiger partial charge in [-0.15, -0.1) is 10.2 Å². The van der Waals surface area contributed by atoms with Crippen LogP contribution in [0.2, 0.25) is 0 Å². The van der Waals surface area contributed by atoms with Crippen LogP contribution in [0.15, 0.2) is 18.5 Å². The fraction of sp³-hybridized carbons (Fsp3) is 0.500. The van der Waals surface area contributed by atoms with Crippen LogP contribution in [0.1, 0.15) is 44.3 Å². The third kappa shape index (κ3) is 1.57. The highest BCUT2D eigenvalue weighted by Gasteiger charge is 2.27. The Kier molecular flexibility index (Phi) is 2.33. The zero-order valence-electron chi connectivity index (χ0n) is 11.0. The van der Waals surface area contributed by atoms with Gasteiger partial charge in [0.25, 0.3) is 0 Å². The van der Waals surface area contributed by atoms with Gasteiger partial charge in [0.1, 0.15) is 5.82 Å². The van der Waals surface area contributed by atoms with E-state index in [-0.39, 0.29) is 0 Å². The van der Waals surface area contributed by atoms with Gasteiger partial charge in [-0.2, -0.15) is 0 Å². The molecular weight excluding hydrogens is 238 g/mol. The van der Waals surface area contributed by atoms with Crippen molar-refractivity contribution in [3.05, 3.63) is 24.3 Å². The Morgan fingerprint density at radius 2 is 2.16 bits per heavy atom. The molecule has 5 heteroatoms. The predicted octanol–water partition coefficient (Wildman–Crippen LogP) is 2.90. The highest BCUT2D eigenvalue weighted by atomic mass is 15.3. The van der Waals surface area contributed by atoms with Crippen LogP contribution in [0.3, 0.4) is 0 Å². The van der Waals surface area contributed by atoms with Gasteiger partial charge in [0.05, 0.1) is 11.7 Å². The molecule has 0 radical (unpaired) electrons. The second kappa shape index (κ2) is 4.05. The first-order valence-corrected chi connectivity index (χ1v) is 7.02. The molecule has 1 saturated carbocycles. The quantitative estimate of drug-likeness (QED) is 0.727. The number of nitrogens with one attached hydrogen (secondary N) is 1. The average molecular weight is 255 g/mol. The van der Waals surface area contributed by atoms with E-state index in [1.54, 1.807) is 6.20 Å². The smallest absolute Gasteiger partial charge is 0.179 e. The largest absolute Gasteiger partial charge is 0.345 e. The van der Waals surface area contributed by atoms with E-state index in [0.717, 1.165) is 22.6 Å². The Morgan fingerprint density at radius 3 is 3.05 bits per heavy atom.